The second kappa shape index (κ2) is 26.2. The van der Waals surface area contributed by atoms with Crippen LogP contribution in [-0.2, 0) is 24.0 Å². The van der Waals surface area contributed by atoms with Crippen molar-refractivity contribution in [1.29, 1.82) is 0 Å². The van der Waals surface area contributed by atoms with Crippen molar-refractivity contribution in [2.75, 3.05) is 91.6 Å². The van der Waals surface area contributed by atoms with Gasteiger partial charge >= 0.3 is 11.9 Å². The minimum absolute atomic E-state index is 0.0393. The molecular formula is C30H58N6O10. The molecule has 1 saturated heterocycles. The van der Waals surface area contributed by atoms with Crippen LogP contribution in [0.1, 0.15) is 52.9 Å². The Morgan fingerprint density at radius 1 is 0.696 bits per heavy atom. The van der Waals surface area contributed by atoms with Crippen LogP contribution in [0.5, 0.6) is 0 Å². The van der Waals surface area contributed by atoms with Gasteiger partial charge in [-0.2, -0.15) is 0 Å². The Balaban J connectivity index is 0.00000647. The van der Waals surface area contributed by atoms with Crippen LogP contribution >= 0.6 is 0 Å². The fourth-order valence-corrected chi connectivity index (χ4v) is 4.93. The van der Waals surface area contributed by atoms with Crippen LogP contribution in [0.25, 0.3) is 0 Å². The van der Waals surface area contributed by atoms with Gasteiger partial charge in [0.1, 0.15) is 0 Å². The molecule has 0 radical (unpaired) electrons. The van der Waals surface area contributed by atoms with E-state index in [9.17, 15) is 39.6 Å². The van der Waals surface area contributed by atoms with Crippen molar-refractivity contribution in [3.05, 3.63) is 0 Å². The number of carbonyl (C=O) groups excluding carboxylic acids is 2. The highest BCUT2D eigenvalue weighted by molar-refractivity contribution is 5.78. The zero-order valence-corrected chi connectivity index (χ0v) is 27.8. The van der Waals surface area contributed by atoms with Gasteiger partial charge in [0.15, 0.2) is 0 Å². The first-order valence-corrected chi connectivity index (χ1v) is 16.1. The quantitative estimate of drug-likeness (QED) is 0.0667. The second-order valence-electron chi connectivity index (χ2n) is 11.9. The SMILES string of the molecule is CCN1CCN(CC(=O)O)CCN(CC(=O)O)CCN(CC(=O)NCCC(O)CC(O)CC(=O)NCCCC(C)C)CC1.O=CO. The normalized spacial score (nSPS) is 17.4. The summed E-state index contributed by atoms with van der Waals surface area (Å²) in [5, 5.41) is 51.6. The van der Waals surface area contributed by atoms with Gasteiger partial charge < -0.3 is 41.1 Å². The summed E-state index contributed by atoms with van der Waals surface area (Å²) in [7, 11) is 0. The maximum Gasteiger partial charge on any atom is 0.317 e. The number of nitrogens with zero attached hydrogens (tertiary/aromatic N) is 4. The predicted molar refractivity (Wildman–Crippen MR) is 171 cm³/mol. The Labute approximate surface area is 272 Å². The number of likely N-dealkylation sites (N-methyl/N-ethyl adjacent to an activating group) is 1. The van der Waals surface area contributed by atoms with Gasteiger partial charge in [0.2, 0.25) is 11.8 Å². The van der Waals surface area contributed by atoms with E-state index < -0.39 is 24.1 Å². The van der Waals surface area contributed by atoms with Crippen molar-refractivity contribution in [3.8, 4) is 0 Å². The molecule has 7 N–H and O–H groups in total. The number of carboxylic acid groups (broad SMARTS) is 3. The van der Waals surface area contributed by atoms with E-state index >= 15 is 0 Å². The molecule has 0 saturated carbocycles. The highest BCUT2D eigenvalue weighted by Gasteiger charge is 2.20. The molecule has 1 fully saturated rings. The molecule has 1 heterocycles. The summed E-state index contributed by atoms with van der Waals surface area (Å²) in [6.07, 6.45) is 0.258. The van der Waals surface area contributed by atoms with Crippen molar-refractivity contribution >= 4 is 30.2 Å². The maximum atomic E-state index is 12.7. The maximum absolute atomic E-state index is 12.7. The average Bonchev–Trinajstić information content (AvgIpc) is 2.95. The van der Waals surface area contributed by atoms with E-state index in [1.165, 1.54) is 0 Å². The first kappa shape index (κ1) is 43.1. The van der Waals surface area contributed by atoms with Crippen LogP contribution in [0.4, 0.5) is 0 Å². The summed E-state index contributed by atoms with van der Waals surface area (Å²) in [5.41, 5.74) is 0. The van der Waals surface area contributed by atoms with Crippen LogP contribution < -0.4 is 10.6 Å². The Morgan fingerprint density at radius 3 is 1.57 bits per heavy atom. The van der Waals surface area contributed by atoms with Crippen molar-refractivity contribution < 1.29 is 49.5 Å². The van der Waals surface area contributed by atoms with Crippen LogP contribution in [0.3, 0.4) is 0 Å². The predicted octanol–water partition coefficient (Wildman–Crippen LogP) is -1.34. The molecular weight excluding hydrogens is 604 g/mol. The third-order valence-corrected chi connectivity index (χ3v) is 7.51. The second-order valence-corrected chi connectivity index (χ2v) is 11.9. The molecule has 0 bridgehead atoms. The molecule has 46 heavy (non-hydrogen) atoms. The first-order chi connectivity index (χ1) is 21.8. The fraction of sp³-hybridized carbons (Fsp3) is 0.833. The minimum atomic E-state index is -0.968. The molecule has 0 spiro atoms. The number of nitrogens with one attached hydrogen (secondary N) is 2. The van der Waals surface area contributed by atoms with E-state index in [0.717, 1.165) is 19.4 Å². The van der Waals surface area contributed by atoms with E-state index in [-0.39, 0.29) is 63.7 Å². The molecule has 0 aromatic carbocycles. The zero-order chi connectivity index (χ0) is 34.9. The highest BCUT2D eigenvalue weighted by atomic mass is 16.4. The van der Waals surface area contributed by atoms with Crippen molar-refractivity contribution in [3.63, 3.8) is 0 Å². The molecule has 2 amide bonds. The van der Waals surface area contributed by atoms with E-state index in [1.54, 1.807) is 4.90 Å². The van der Waals surface area contributed by atoms with Gasteiger partial charge in [0.25, 0.3) is 6.47 Å². The van der Waals surface area contributed by atoms with Gasteiger partial charge in [-0.15, -0.1) is 0 Å². The summed E-state index contributed by atoms with van der Waals surface area (Å²) in [5.74, 6) is -1.79. The van der Waals surface area contributed by atoms with Crippen molar-refractivity contribution in [2.45, 2.75) is 65.1 Å². The van der Waals surface area contributed by atoms with Gasteiger partial charge in [-0.05, 0) is 38.1 Å². The lowest BCUT2D eigenvalue weighted by molar-refractivity contribution is -0.140. The van der Waals surface area contributed by atoms with E-state index in [0.29, 0.717) is 64.8 Å². The largest absolute Gasteiger partial charge is 0.483 e. The van der Waals surface area contributed by atoms with E-state index in [1.807, 2.05) is 16.7 Å². The van der Waals surface area contributed by atoms with Crippen molar-refractivity contribution in [1.82, 2.24) is 30.2 Å². The number of rotatable bonds is 18. The van der Waals surface area contributed by atoms with Crippen LogP contribution in [0, 0.1) is 5.92 Å². The number of hydrogen-bond donors (Lipinski definition) is 7. The van der Waals surface area contributed by atoms with Crippen LogP contribution in [0.15, 0.2) is 0 Å². The molecule has 0 aromatic heterocycles. The van der Waals surface area contributed by atoms with E-state index in [4.69, 9.17) is 9.90 Å². The number of aliphatic hydroxyl groups excluding tert-OH is 2. The monoisotopic (exact) mass is 662 g/mol. The number of aliphatic carboxylic acids is 2. The molecule has 0 aromatic rings. The van der Waals surface area contributed by atoms with Crippen LogP contribution in [-0.4, -0.2) is 179 Å². The first-order valence-electron chi connectivity index (χ1n) is 16.1. The van der Waals surface area contributed by atoms with Gasteiger partial charge in [-0.1, -0.05) is 20.8 Å². The van der Waals surface area contributed by atoms with Gasteiger partial charge in [0, 0.05) is 65.4 Å². The third-order valence-electron chi connectivity index (χ3n) is 7.51. The molecule has 16 heteroatoms. The zero-order valence-electron chi connectivity index (χ0n) is 27.8. The van der Waals surface area contributed by atoms with Gasteiger partial charge in [-0.3, -0.25) is 38.7 Å². The smallest absolute Gasteiger partial charge is 0.317 e. The molecule has 1 aliphatic heterocycles. The Morgan fingerprint density at radius 2 is 1.13 bits per heavy atom. The summed E-state index contributed by atoms with van der Waals surface area (Å²) in [6, 6.07) is 0. The number of hydrogen-bond acceptors (Lipinski definition) is 11. The molecule has 1 aliphatic rings. The number of carbonyl (C=O) groups is 5. The number of carboxylic acids is 2. The highest BCUT2D eigenvalue weighted by Crippen LogP contribution is 2.07. The fourth-order valence-electron chi connectivity index (χ4n) is 4.93. The van der Waals surface area contributed by atoms with Crippen LogP contribution in [0.2, 0.25) is 0 Å². The number of amides is 2. The Bertz CT molecular complexity index is 881. The summed E-state index contributed by atoms with van der Waals surface area (Å²) < 4.78 is 0. The Kier molecular flexibility index (Phi) is 24.6. The Hall–Kier alpha value is -2.89. The molecule has 0 aliphatic carbocycles. The topological polar surface area (TPSA) is 224 Å². The third kappa shape index (κ3) is 24.4. The summed E-state index contributed by atoms with van der Waals surface area (Å²) in [6.45, 7) is 11.6. The minimum Gasteiger partial charge on any atom is -0.483 e. The molecule has 2 atom stereocenters. The van der Waals surface area contributed by atoms with E-state index in [2.05, 4.69) is 29.4 Å². The van der Waals surface area contributed by atoms with Gasteiger partial charge in [-0.25, -0.2) is 0 Å². The summed E-state index contributed by atoms with van der Waals surface area (Å²) >= 11 is 0. The summed E-state index contributed by atoms with van der Waals surface area (Å²) in [4.78, 5) is 63.6. The molecule has 2 unspecified atom stereocenters. The van der Waals surface area contributed by atoms with Crippen molar-refractivity contribution in [2.24, 2.45) is 5.92 Å². The molecule has 1 rings (SSSR count). The number of aliphatic hydroxyl groups is 2. The lowest BCUT2D eigenvalue weighted by Gasteiger charge is -2.33. The molecule has 268 valence electrons. The lowest BCUT2D eigenvalue weighted by atomic mass is 10.1. The van der Waals surface area contributed by atoms with Gasteiger partial charge in [0.05, 0.1) is 38.3 Å². The standard InChI is InChI=1S/C29H56N6O8.CH2O2/c1-4-32-10-12-33(14-15-35(22-29(42)43)17-16-34(13-11-32)21-28(40)41)20-27(39)31-9-7-24(36)18-25(37)19-26(38)30-8-5-6-23(2)3;2-1-3/h23-25,36-37H,4-22H2,1-3H3,(H,30,38)(H,31,39)(H,40,41)(H,42,43);1H,(H,2,3). The lowest BCUT2D eigenvalue weighted by Crippen LogP contribution is -2.49. The average molecular weight is 663 g/mol. The molecule has 16 nitrogen and oxygen atoms in total.